The predicted molar refractivity (Wildman–Crippen MR) is 75.9 cm³/mol. The van der Waals surface area contributed by atoms with E-state index >= 15 is 0 Å². The second-order valence-electron chi connectivity index (χ2n) is 4.13. The van der Waals surface area contributed by atoms with Gasteiger partial charge < -0.3 is 10.1 Å². The summed E-state index contributed by atoms with van der Waals surface area (Å²) in [6.07, 6.45) is 1.54. The van der Waals surface area contributed by atoms with Crippen molar-refractivity contribution in [1.82, 2.24) is 10.3 Å². The predicted octanol–water partition coefficient (Wildman–Crippen LogP) is 3.80. The fraction of sp³-hybridized carbons (Fsp3) is 0.214. The number of benzene rings is 1. The Morgan fingerprint density at radius 3 is 2.89 bits per heavy atom. The van der Waals surface area contributed by atoms with Crippen LogP contribution in [0.15, 0.2) is 34.9 Å². The number of aryl methyl sites for hydroxylation is 1. The third-order valence-corrected chi connectivity index (χ3v) is 3.15. The molecule has 2 aromatic rings. The zero-order valence-electron chi connectivity index (χ0n) is 10.7. The number of nitrogens with zero attached hydrogens (tertiary/aromatic N) is 1. The molecule has 0 bridgehead atoms. The number of hydrogen-bond acceptors (Lipinski definition) is 3. The molecule has 0 aliphatic rings. The van der Waals surface area contributed by atoms with Crippen molar-refractivity contribution < 1.29 is 9.13 Å². The van der Waals surface area contributed by atoms with Crippen LogP contribution in [-0.4, -0.2) is 12.0 Å². The molecule has 0 unspecified atom stereocenters. The molecule has 0 radical (unpaired) electrons. The van der Waals surface area contributed by atoms with Crippen LogP contribution in [0.1, 0.15) is 11.1 Å². The Kier molecular flexibility index (Phi) is 4.50. The van der Waals surface area contributed by atoms with Crippen molar-refractivity contribution in [3.63, 3.8) is 0 Å². The largest absolute Gasteiger partial charge is 0.436 e. The van der Waals surface area contributed by atoms with Gasteiger partial charge in [-0.15, -0.1) is 0 Å². The topological polar surface area (TPSA) is 34.2 Å². The lowest BCUT2D eigenvalue weighted by Gasteiger charge is -2.10. The molecule has 100 valence electrons. The summed E-state index contributed by atoms with van der Waals surface area (Å²) in [6, 6.07) is 7.23. The van der Waals surface area contributed by atoms with Crippen molar-refractivity contribution in [2.24, 2.45) is 0 Å². The van der Waals surface area contributed by atoms with Crippen LogP contribution >= 0.6 is 15.9 Å². The lowest BCUT2D eigenvalue weighted by Crippen LogP contribution is -2.08. The second-order valence-corrected chi connectivity index (χ2v) is 5.05. The van der Waals surface area contributed by atoms with Gasteiger partial charge in [0.05, 0.1) is 0 Å². The Balaban J connectivity index is 2.33. The first-order valence-corrected chi connectivity index (χ1v) is 6.63. The summed E-state index contributed by atoms with van der Waals surface area (Å²) in [7, 11) is 1.76. The summed E-state index contributed by atoms with van der Waals surface area (Å²) in [4.78, 5) is 3.95. The van der Waals surface area contributed by atoms with Gasteiger partial charge in [-0.1, -0.05) is 22.0 Å². The maximum Gasteiger partial charge on any atom is 0.256 e. The summed E-state index contributed by atoms with van der Waals surface area (Å²) in [5.74, 6) is 0.146. The van der Waals surface area contributed by atoms with Crippen LogP contribution in [0.2, 0.25) is 0 Å². The molecule has 3 nitrogen and oxygen atoms in total. The van der Waals surface area contributed by atoms with E-state index in [0.717, 1.165) is 10.0 Å². The molecule has 1 heterocycles. The van der Waals surface area contributed by atoms with Gasteiger partial charge in [0.15, 0.2) is 5.82 Å². The molecule has 0 spiro atoms. The third kappa shape index (κ3) is 3.30. The summed E-state index contributed by atoms with van der Waals surface area (Å²) < 4.78 is 20.6. The van der Waals surface area contributed by atoms with Crippen LogP contribution in [0, 0.1) is 12.7 Å². The van der Waals surface area contributed by atoms with E-state index in [-0.39, 0.29) is 5.88 Å². The van der Waals surface area contributed by atoms with Crippen molar-refractivity contribution in [3.05, 3.63) is 51.9 Å². The molecule has 0 aliphatic carbocycles. The van der Waals surface area contributed by atoms with Crippen molar-refractivity contribution in [3.8, 4) is 11.6 Å². The van der Waals surface area contributed by atoms with E-state index in [4.69, 9.17) is 4.74 Å². The van der Waals surface area contributed by atoms with Crippen LogP contribution < -0.4 is 10.1 Å². The Morgan fingerprint density at radius 2 is 2.16 bits per heavy atom. The first kappa shape index (κ1) is 14.0. The van der Waals surface area contributed by atoms with Crippen LogP contribution in [0.25, 0.3) is 0 Å². The Hall–Kier alpha value is -1.46. The summed E-state index contributed by atoms with van der Waals surface area (Å²) >= 11 is 3.36. The first-order chi connectivity index (χ1) is 9.11. The molecule has 2 rings (SSSR count). The van der Waals surface area contributed by atoms with Gasteiger partial charge in [-0.05, 0) is 37.7 Å². The average Bonchev–Trinajstić information content (AvgIpc) is 2.39. The van der Waals surface area contributed by atoms with Crippen molar-refractivity contribution in [2.45, 2.75) is 13.5 Å². The molecule has 0 saturated carbocycles. The fourth-order valence-electron chi connectivity index (χ4n) is 1.65. The maximum absolute atomic E-state index is 14.1. The number of aromatic nitrogens is 1. The monoisotopic (exact) mass is 324 g/mol. The molecule has 1 aromatic carbocycles. The van der Waals surface area contributed by atoms with Crippen LogP contribution in [0.4, 0.5) is 4.39 Å². The van der Waals surface area contributed by atoms with Crippen LogP contribution in [0.5, 0.6) is 11.6 Å². The van der Waals surface area contributed by atoms with Gasteiger partial charge in [-0.25, -0.2) is 9.37 Å². The van der Waals surface area contributed by atoms with E-state index in [1.54, 1.807) is 25.4 Å². The number of pyridine rings is 1. The smallest absolute Gasteiger partial charge is 0.256 e. The zero-order valence-corrected chi connectivity index (χ0v) is 12.3. The fourth-order valence-corrected chi connectivity index (χ4v) is 1.99. The van der Waals surface area contributed by atoms with Gasteiger partial charge in [0.25, 0.3) is 5.88 Å². The van der Waals surface area contributed by atoms with Gasteiger partial charge in [-0.2, -0.15) is 0 Å². The minimum Gasteiger partial charge on any atom is -0.436 e. The normalized spacial score (nSPS) is 10.5. The maximum atomic E-state index is 14.1. The SMILES string of the molecule is CNCc1ccnc(Oc2cc(Br)ccc2C)c1F. The molecule has 0 fully saturated rings. The second kappa shape index (κ2) is 6.12. The lowest BCUT2D eigenvalue weighted by molar-refractivity contribution is 0.415. The van der Waals surface area contributed by atoms with E-state index in [1.165, 1.54) is 0 Å². The molecule has 0 saturated heterocycles. The van der Waals surface area contributed by atoms with Gasteiger partial charge in [-0.3, -0.25) is 0 Å². The number of rotatable bonds is 4. The standard InChI is InChI=1S/C14H14BrFN2O/c1-9-3-4-11(15)7-12(9)19-14-13(16)10(8-17-2)5-6-18-14/h3-7,17H,8H2,1-2H3. The van der Waals surface area contributed by atoms with E-state index in [1.807, 2.05) is 19.1 Å². The third-order valence-electron chi connectivity index (χ3n) is 2.66. The minimum absolute atomic E-state index is 0.00560. The number of halogens is 2. The molecule has 0 amide bonds. The Labute approximate surface area is 119 Å². The summed E-state index contributed by atoms with van der Waals surface area (Å²) in [5.41, 5.74) is 1.45. The summed E-state index contributed by atoms with van der Waals surface area (Å²) in [6.45, 7) is 2.33. The number of nitrogens with one attached hydrogen (secondary N) is 1. The Bertz CT molecular complexity index is 590. The van der Waals surface area contributed by atoms with Crippen molar-refractivity contribution in [2.75, 3.05) is 7.05 Å². The van der Waals surface area contributed by atoms with Crippen molar-refractivity contribution >= 4 is 15.9 Å². The molecular weight excluding hydrogens is 311 g/mol. The minimum atomic E-state index is -0.434. The lowest BCUT2D eigenvalue weighted by atomic mass is 10.2. The van der Waals surface area contributed by atoms with E-state index in [2.05, 4.69) is 26.2 Å². The Morgan fingerprint density at radius 1 is 1.37 bits per heavy atom. The average molecular weight is 325 g/mol. The summed E-state index contributed by atoms with van der Waals surface area (Å²) in [5, 5.41) is 2.91. The van der Waals surface area contributed by atoms with Gasteiger partial charge in [0, 0.05) is 22.8 Å². The highest BCUT2D eigenvalue weighted by Gasteiger charge is 2.12. The number of ether oxygens (including phenoxy) is 1. The molecule has 19 heavy (non-hydrogen) atoms. The molecule has 5 heteroatoms. The van der Waals surface area contributed by atoms with Crippen molar-refractivity contribution in [1.29, 1.82) is 0 Å². The van der Waals surface area contributed by atoms with Gasteiger partial charge >= 0.3 is 0 Å². The molecule has 0 aliphatic heterocycles. The van der Waals surface area contributed by atoms with Gasteiger partial charge in [0.1, 0.15) is 5.75 Å². The van der Waals surface area contributed by atoms with E-state index < -0.39 is 5.82 Å². The molecule has 1 aromatic heterocycles. The van der Waals surface area contributed by atoms with E-state index in [0.29, 0.717) is 17.9 Å². The van der Waals surface area contributed by atoms with Crippen LogP contribution in [-0.2, 0) is 6.54 Å². The highest BCUT2D eigenvalue weighted by Crippen LogP contribution is 2.29. The molecular formula is C14H14BrFN2O. The molecule has 1 N–H and O–H groups in total. The molecule has 0 atom stereocenters. The van der Waals surface area contributed by atoms with E-state index in [9.17, 15) is 4.39 Å². The quantitative estimate of drug-likeness (QED) is 0.928. The highest BCUT2D eigenvalue weighted by atomic mass is 79.9. The van der Waals surface area contributed by atoms with Gasteiger partial charge in [0.2, 0.25) is 0 Å². The highest BCUT2D eigenvalue weighted by molar-refractivity contribution is 9.10. The first-order valence-electron chi connectivity index (χ1n) is 5.84. The number of hydrogen-bond donors (Lipinski definition) is 1. The zero-order chi connectivity index (χ0) is 13.8. The van der Waals surface area contributed by atoms with Crippen LogP contribution in [0.3, 0.4) is 0 Å².